The average Bonchev–Trinajstić information content (AvgIpc) is 3.09. The molecule has 54 heavy (non-hydrogen) atoms. The molecule has 0 bridgehead atoms. The number of carbonyl (C=O) groups excluding carboxylic acids is 4. The zero-order chi connectivity index (χ0) is 39.5. The fourth-order valence-corrected chi connectivity index (χ4v) is 6.22. The number of hydrogen-bond acceptors (Lipinski definition) is 17. The van der Waals surface area contributed by atoms with Crippen LogP contribution in [-0.4, -0.2) is 190 Å². The number of morpholine rings is 1. The number of anilines is 1. The number of amides is 1. The number of aliphatic carboxylic acids is 5. The summed E-state index contributed by atoms with van der Waals surface area (Å²) in [5, 5.41) is 56.6. The lowest BCUT2D eigenvalue weighted by Crippen LogP contribution is -2.52. The molecule has 2 aliphatic heterocycles. The Bertz CT molecular complexity index is 1390. The van der Waals surface area contributed by atoms with Gasteiger partial charge in [0.25, 0.3) is 5.91 Å². The Kier molecular flexibility index (Phi) is 18.9. The third kappa shape index (κ3) is 16.6. The first-order valence-electron chi connectivity index (χ1n) is 17.7. The molecule has 302 valence electrons. The van der Waals surface area contributed by atoms with E-state index in [1.54, 1.807) is 26.8 Å². The van der Waals surface area contributed by atoms with Crippen LogP contribution in [-0.2, 0) is 44.8 Å². The number of para-hydroxylation sites is 1. The van der Waals surface area contributed by atoms with Crippen molar-refractivity contribution < 1.29 is 68.5 Å². The molecule has 20 heteroatoms. The van der Waals surface area contributed by atoms with Gasteiger partial charge in [-0.3, -0.25) is 24.2 Å². The summed E-state index contributed by atoms with van der Waals surface area (Å²) in [6.45, 7) is 1.44. The molecule has 1 atom stereocenters. The average molecular weight is 766 g/mol. The van der Waals surface area contributed by atoms with Gasteiger partial charge >= 0.3 is 11.9 Å². The van der Waals surface area contributed by atoms with Crippen LogP contribution in [0.3, 0.4) is 0 Å². The van der Waals surface area contributed by atoms with Gasteiger partial charge in [-0.05, 0) is 12.5 Å². The van der Waals surface area contributed by atoms with Crippen LogP contribution in [0, 0.1) is 0 Å². The number of carboxylic acid groups (broad SMARTS) is 5. The van der Waals surface area contributed by atoms with E-state index >= 15 is 0 Å². The van der Waals surface area contributed by atoms with Gasteiger partial charge < -0.3 is 74.1 Å². The van der Waals surface area contributed by atoms with Crippen LogP contribution >= 0.6 is 0 Å². The predicted molar refractivity (Wildman–Crippen MR) is 182 cm³/mol. The third-order valence-electron chi connectivity index (χ3n) is 8.71. The highest BCUT2D eigenvalue weighted by molar-refractivity contribution is 5.82. The molecular weight excluding hydrogens is 716 g/mol. The van der Waals surface area contributed by atoms with Crippen LogP contribution in [0.4, 0.5) is 5.69 Å². The summed E-state index contributed by atoms with van der Waals surface area (Å²) in [6.07, 6.45) is 0.115. The molecule has 2 saturated heterocycles. The van der Waals surface area contributed by atoms with E-state index in [0.717, 1.165) is 4.90 Å². The van der Waals surface area contributed by atoms with Gasteiger partial charge in [0.15, 0.2) is 6.61 Å². The lowest BCUT2D eigenvalue weighted by atomic mass is 10.1. The molecule has 1 amide bonds. The molecule has 20 nitrogen and oxygen atoms in total. The number of rotatable bonds is 20. The van der Waals surface area contributed by atoms with Crippen molar-refractivity contribution in [3.8, 4) is 5.75 Å². The molecule has 1 unspecified atom stereocenters. The van der Waals surface area contributed by atoms with E-state index in [0.29, 0.717) is 51.4 Å². The Balaban J connectivity index is 1.71. The van der Waals surface area contributed by atoms with Crippen LogP contribution in [0.25, 0.3) is 0 Å². The van der Waals surface area contributed by atoms with Crippen molar-refractivity contribution >= 4 is 41.4 Å². The molecule has 3 rings (SSSR count). The van der Waals surface area contributed by atoms with Crippen molar-refractivity contribution in [1.29, 1.82) is 0 Å². The van der Waals surface area contributed by atoms with Gasteiger partial charge in [0.05, 0.1) is 37.4 Å². The second kappa shape index (κ2) is 23.2. The number of ether oxygens (including phenoxy) is 3. The zero-order valence-electron chi connectivity index (χ0n) is 30.2. The number of nitrogens with zero attached hydrogens (tertiary/aromatic N) is 5. The first-order valence-corrected chi connectivity index (χ1v) is 17.7. The third-order valence-corrected chi connectivity index (χ3v) is 8.71. The maximum Gasteiger partial charge on any atom is 0.323 e. The molecule has 0 aliphatic carbocycles. The predicted octanol–water partition coefficient (Wildman–Crippen LogP) is -5.68. The summed E-state index contributed by atoms with van der Waals surface area (Å²) in [5.74, 6) is -6.64. The van der Waals surface area contributed by atoms with Gasteiger partial charge in [-0.2, -0.15) is 0 Å². The summed E-state index contributed by atoms with van der Waals surface area (Å²) in [5.41, 5.74) is 0.575. The second-order valence-corrected chi connectivity index (χ2v) is 12.9. The van der Waals surface area contributed by atoms with Crippen LogP contribution < -0.4 is 30.3 Å². The highest BCUT2D eigenvalue weighted by atomic mass is 16.5. The van der Waals surface area contributed by atoms with Crippen molar-refractivity contribution in [3.63, 3.8) is 0 Å². The maximum atomic E-state index is 12.8. The largest absolute Gasteiger partial charge is 0.550 e. The Hall–Kier alpha value is -4.60. The molecular formula is C34H49N6O14-3. The second-order valence-electron chi connectivity index (χ2n) is 12.9. The van der Waals surface area contributed by atoms with Crippen LogP contribution in [0.5, 0.6) is 5.75 Å². The van der Waals surface area contributed by atoms with Crippen molar-refractivity contribution in [2.75, 3.05) is 123 Å². The van der Waals surface area contributed by atoms with E-state index < -0.39 is 49.0 Å². The van der Waals surface area contributed by atoms with Crippen molar-refractivity contribution in [1.82, 2.24) is 24.9 Å². The van der Waals surface area contributed by atoms with Crippen LogP contribution in [0.15, 0.2) is 18.2 Å². The Morgan fingerprint density at radius 2 is 1.44 bits per heavy atom. The van der Waals surface area contributed by atoms with Gasteiger partial charge in [-0.15, -0.1) is 0 Å². The van der Waals surface area contributed by atoms with E-state index in [9.17, 15) is 54.3 Å². The molecule has 1 aromatic rings. The van der Waals surface area contributed by atoms with Crippen molar-refractivity contribution in [2.45, 2.75) is 25.5 Å². The highest BCUT2D eigenvalue weighted by Crippen LogP contribution is 2.33. The molecule has 3 N–H and O–H groups in total. The first kappa shape index (κ1) is 43.8. The summed E-state index contributed by atoms with van der Waals surface area (Å²) in [7, 11) is 0. The van der Waals surface area contributed by atoms with E-state index in [1.807, 2.05) is 4.90 Å². The highest BCUT2D eigenvalue weighted by Gasteiger charge is 2.24. The maximum absolute atomic E-state index is 12.8. The molecule has 2 heterocycles. The number of carbonyl (C=O) groups is 6. The molecule has 2 aliphatic rings. The number of hydrogen-bond donors (Lipinski definition) is 3. The van der Waals surface area contributed by atoms with Crippen LogP contribution in [0.2, 0.25) is 0 Å². The SMILES string of the molecule is O=C([O-])CC1CN(CCCOCc2cccc(OCC(=O)N3CCOCC3)c2N(CC(=O)O)CC(=O)O)CCN(CC(=O)[O-])CCN(CC(=O)[O-])CCN1. The topological polar surface area (TPSA) is 268 Å². The van der Waals surface area contributed by atoms with Crippen LogP contribution in [0.1, 0.15) is 18.4 Å². The van der Waals surface area contributed by atoms with E-state index in [2.05, 4.69) is 5.32 Å². The minimum atomic E-state index is -1.30. The van der Waals surface area contributed by atoms with Gasteiger partial charge in [-0.25, -0.2) is 0 Å². The smallest absolute Gasteiger partial charge is 0.323 e. The molecule has 0 aromatic heterocycles. The van der Waals surface area contributed by atoms with Crippen molar-refractivity contribution in [3.05, 3.63) is 23.8 Å². The quantitative estimate of drug-likeness (QED) is 0.104. The van der Waals surface area contributed by atoms with Gasteiger partial charge in [-0.1, -0.05) is 12.1 Å². The lowest BCUT2D eigenvalue weighted by molar-refractivity contribution is -0.308. The number of benzene rings is 1. The van der Waals surface area contributed by atoms with Gasteiger partial charge in [0, 0.05) is 109 Å². The summed E-state index contributed by atoms with van der Waals surface area (Å²) >= 11 is 0. The number of carboxylic acids is 5. The zero-order valence-corrected chi connectivity index (χ0v) is 30.2. The van der Waals surface area contributed by atoms with Gasteiger partial charge in [0.2, 0.25) is 0 Å². The minimum Gasteiger partial charge on any atom is -0.550 e. The normalized spacial score (nSPS) is 18.2. The molecule has 0 spiro atoms. The first-order chi connectivity index (χ1) is 25.8. The molecule has 2 fully saturated rings. The summed E-state index contributed by atoms with van der Waals surface area (Å²) < 4.78 is 17.1. The fraction of sp³-hybridized carbons (Fsp3) is 0.647. The van der Waals surface area contributed by atoms with Crippen molar-refractivity contribution in [2.24, 2.45) is 0 Å². The Morgan fingerprint density at radius 1 is 0.833 bits per heavy atom. The number of nitrogens with one attached hydrogen (secondary N) is 1. The summed E-state index contributed by atoms with van der Waals surface area (Å²) in [4.78, 5) is 78.4. The Morgan fingerprint density at radius 3 is 2.04 bits per heavy atom. The standard InChI is InChI=1S/C34H52N6O14/c41-28(39-12-15-52-16-13-39)24-54-27-4-1-3-25(34(27)40(21-32(48)49)22-33(50)51)23-53-14-2-6-36-8-10-38(20-31(46)47)11-9-37(19-30(44)45)7-5-35-26(18-36)17-29(42)43/h1,3-4,26,35H,2,5-24H2,(H,42,43)(H,44,45)(H,46,47)(H,48,49)(H,50,51)/p-3. The van der Waals surface area contributed by atoms with Gasteiger partial charge in [0.1, 0.15) is 18.8 Å². The van der Waals surface area contributed by atoms with E-state index in [1.165, 1.54) is 6.07 Å². The fourth-order valence-electron chi connectivity index (χ4n) is 6.22. The lowest BCUT2D eigenvalue weighted by Gasteiger charge is -2.34. The Labute approximate surface area is 312 Å². The molecule has 1 aromatic carbocycles. The van der Waals surface area contributed by atoms with E-state index in [4.69, 9.17) is 14.2 Å². The molecule has 0 saturated carbocycles. The van der Waals surface area contributed by atoms with E-state index in [-0.39, 0.29) is 95.9 Å². The summed E-state index contributed by atoms with van der Waals surface area (Å²) in [6, 6.07) is 4.20. The minimum absolute atomic E-state index is 0.0731. The monoisotopic (exact) mass is 765 g/mol. The molecule has 0 radical (unpaired) electrons.